The molecule has 2 aromatic heterocycles. The van der Waals surface area contributed by atoms with Crippen LogP contribution < -0.4 is 5.32 Å². The maximum atomic E-state index is 14.6. The summed E-state index contributed by atoms with van der Waals surface area (Å²) < 4.78 is 30.9. The van der Waals surface area contributed by atoms with Crippen LogP contribution in [-0.2, 0) is 23.5 Å². The molecule has 0 aliphatic heterocycles. The molecule has 2 unspecified atom stereocenters. The minimum atomic E-state index is -1.82. The Morgan fingerprint density at radius 2 is 2.00 bits per heavy atom. The number of carboxylic acids is 1. The van der Waals surface area contributed by atoms with E-state index in [-0.39, 0.29) is 18.7 Å². The number of aromatic nitrogens is 5. The number of hydrogen-bond acceptors (Lipinski definition) is 6. The van der Waals surface area contributed by atoms with Crippen LogP contribution in [-0.4, -0.2) is 46.8 Å². The van der Waals surface area contributed by atoms with Crippen molar-refractivity contribution in [1.29, 1.82) is 0 Å². The van der Waals surface area contributed by atoms with Gasteiger partial charge in [-0.1, -0.05) is 6.07 Å². The maximum Gasteiger partial charge on any atom is 0.325 e. The Kier molecular flexibility index (Phi) is 5.57. The lowest BCUT2D eigenvalue weighted by atomic mass is 9.92. The van der Waals surface area contributed by atoms with Crippen LogP contribution >= 0.6 is 0 Å². The first-order valence-corrected chi connectivity index (χ1v) is 9.70. The number of carbonyl (C=O) groups is 1. The van der Waals surface area contributed by atoms with E-state index in [9.17, 15) is 18.7 Å². The summed E-state index contributed by atoms with van der Waals surface area (Å²) in [5, 5.41) is 32.4. The molecule has 0 fully saturated rings. The number of rotatable bonds is 8. The summed E-state index contributed by atoms with van der Waals surface area (Å²) in [5.74, 6) is -2.63. The van der Waals surface area contributed by atoms with Crippen LogP contribution in [0.5, 0.6) is 0 Å². The largest absolute Gasteiger partial charge is 0.480 e. The highest BCUT2D eigenvalue weighted by atomic mass is 19.1. The number of carboxylic acid groups (broad SMARTS) is 1. The fourth-order valence-electron chi connectivity index (χ4n) is 3.53. The molecule has 2 heterocycles. The first-order valence-electron chi connectivity index (χ1n) is 9.70. The predicted molar refractivity (Wildman–Crippen MR) is 111 cm³/mol. The van der Waals surface area contributed by atoms with Gasteiger partial charge in [0.1, 0.15) is 35.9 Å². The van der Waals surface area contributed by atoms with Gasteiger partial charge >= 0.3 is 5.97 Å². The highest BCUT2D eigenvalue weighted by molar-refractivity contribution is 5.84. The van der Waals surface area contributed by atoms with Crippen molar-refractivity contribution in [2.24, 2.45) is 0 Å². The zero-order valence-electron chi connectivity index (χ0n) is 17.0. The zero-order valence-corrected chi connectivity index (χ0v) is 17.0. The summed E-state index contributed by atoms with van der Waals surface area (Å²) in [5.41, 5.74) is -0.696. The van der Waals surface area contributed by atoms with Crippen LogP contribution in [0.1, 0.15) is 12.5 Å². The lowest BCUT2D eigenvalue weighted by molar-refractivity contribution is -0.137. The Hall–Kier alpha value is -3.86. The third-order valence-corrected chi connectivity index (χ3v) is 5.13. The van der Waals surface area contributed by atoms with E-state index in [1.807, 2.05) is 0 Å². The van der Waals surface area contributed by atoms with Crippen molar-refractivity contribution in [2.75, 3.05) is 5.32 Å². The molecule has 0 saturated heterocycles. The smallest absolute Gasteiger partial charge is 0.325 e. The van der Waals surface area contributed by atoms with E-state index < -0.39 is 29.2 Å². The molecule has 2 atom stereocenters. The Morgan fingerprint density at radius 1 is 1.19 bits per heavy atom. The molecular formula is C21H20F2N6O3. The van der Waals surface area contributed by atoms with E-state index in [1.54, 1.807) is 24.4 Å². The third kappa shape index (κ3) is 4.28. The van der Waals surface area contributed by atoms with Gasteiger partial charge < -0.3 is 15.5 Å². The monoisotopic (exact) mass is 442 g/mol. The molecule has 0 spiro atoms. The summed E-state index contributed by atoms with van der Waals surface area (Å²) in [6.07, 6.45) is 4.23. The summed E-state index contributed by atoms with van der Waals surface area (Å²) in [6.45, 7) is 1.22. The summed E-state index contributed by atoms with van der Waals surface area (Å²) >= 11 is 0. The summed E-state index contributed by atoms with van der Waals surface area (Å²) in [6, 6.07) is 7.34. The van der Waals surface area contributed by atoms with Crippen molar-refractivity contribution in [2.45, 2.75) is 31.7 Å². The second-order valence-electron chi connectivity index (χ2n) is 7.53. The van der Waals surface area contributed by atoms with Gasteiger partial charge in [-0.15, -0.1) is 0 Å². The molecule has 166 valence electrons. The number of benzene rings is 2. The van der Waals surface area contributed by atoms with Gasteiger partial charge in [-0.05, 0) is 31.2 Å². The molecule has 32 heavy (non-hydrogen) atoms. The standard InChI is InChI=1S/C21H20F2N6O3/c1-13(20(30)31)27-16-3-5-19-14(6-16)8-25-29(19)10-21(32,9-28-12-24-11-26-28)17-4-2-15(22)7-18(17)23/h2-8,11-13,27,32H,9-10H2,1H3,(H,30,31). The van der Waals surface area contributed by atoms with Crippen molar-refractivity contribution in [3.05, 3.63) is 72.4 Å². The van der Waals surface area contributed by atoms with E-state index in [0.717, 1.165) is 6.07 Å². The fraction of sp³-hybridized carbons (Fsp3) is 0.238. The van der Waals surface area contributed by atoms with Crippen LogP contribution in [0, 0.1) is 11.6 Å². The molecule has 0 bridgehead atoms. The van der Waals surface area contributed by atoms with Crippen molar-refractivity contribution in [3.63, 3.8) is 0 Å². The topological polar surface area (TPSA) is 118 Å². The Labute approximate surface area is 180 Å². The van der Waals surface area contributed by atoms with Crippen LogP contribution in [0.25, 0.3) is 10.9 Å². The normalized spacial score (nSPS) is 14.2. The van der Waals surface area contributed by atoms with Crippen molar-refractivity contribution < 1.29 is 23.8 Å². The quantitative estimate of drug-likeness (QED) is 0.383. The van der Waals surface area contributed by atoms with Crippen LogP contribution in [0.4, 0.5) is 14.5 Å². The molecule has 11 heteroatoms. The number of aliphatic hydroxyl groups is 1. The number of nitrogens with one attached hydrogen (secondary N) is 1. The summed E-state index contributed by atoms with van der Waals surface area (Å²) in [4.78, 5) is 14.9. The van der Waals surface area contributed by atoms with Gasteiger partial charge in [0, 0.05) is 22.7 Å². The second-order valence-corrected chi connectivity index (χ2v) is 7.53. The molecule has 0 saturated carbocycles. The molecule has 0 aliphatic rings. The zero-order chi connectivity index (χ0) is 22.9. The lowest BCUT2D eigenvalue weighted by Crippen LogP contribution is -2.37. The molecule has 3 N–H and O–H groups in total. The van der Waals surface area contributed by atoms with Crippen molar-refractivity contribution in [3.8, 4) is 0 Å². The molecule has 2 aromatic carbocycles. The first-order chi connectivity index (χ1) is 15.2. The summed E-state index contributed by atoms with van der Waals surface area (Å²) in [7, 11) is 0. The van der Waals surface area contributed by atoms with Crippen molar-refractivity contribution in [1.82, 2.24) is 24.5 Å². The van der Waals surface area contributed by atoms with E-state index >= 15 is 0 Å². The Balaban J connectivity index is 1.69. The second kappa shape index (κ2) is 8.35. The highest BCUT2D eigenvalue weighted by Gasteiger charge is 2.35. The first kappa shape index (κ1) is 21.4. The van der Waals surface area contributed by atoms with Gasteiger partial charge in [-0.3, -0.25) is 9.48 Å². The number of anilines is 1. The number of fused-ring (bicyclic) bond motifs is 1. The van der Waals surface area contributed by atoms with E-state index in [0.29, 0.717) is 22.7 Å². The van der Waals surface area contributed by atoms with E-state index in [1.165, 1.54) is 35.0 Å². The number of nitrogens with zero attached hydrogens (tertiary/aromatic N) is 5. The van der Waals surface area contributed by atoms with Gasteiger partial charge in [0.15, 0.2) is 0 Å². The molecular weight excluding hydrogens is 422 g/mol. The molecule has 0 aliphatic carbocycles. The van der Waals surface area contributed by atoms with E-state index in [2.05, 4.69) is 20.5 Å². The molecule has 4 aromatic rings. The van der Waals surface area contributed by atoms with Crippen molar-refractivity contribution >= 4 is 22.6 Å². The Morgan fingerprint density at radius 3 is 2.69 bits per heavy atom. The number of aliphatic carboxylic acids is 1. The van der Waals surface area contributed by atoms with Gasteiger partial charge in [0.25, 0.3) is 0 Å². The minimum Gasteiger partial charge on any atom is -0.480 e. The van der Waals surface area contributed by atoms with Gasteiger partial charge in [0.2, 0.25) is 0 Å². The van der Waals surface area contributed by atoms with Crippen LogP contribution in [0.2, 0.25) is 0 Å². The maximum absolute atomic E-state index is 14.6. The number of hydrogen-bond donors (Lipinski definition) is 3. The average Bonchev–Trinajstić information content (AvgIpc) is 3.37. The number of halogens is 2. The molecule has 0 amide bonds. The Bertz CT molecular complexity index is 1260. The van der Waals surface area contributed by atoms with E-state index in [4.69, 9.17) is 5.11 Å². The minimum absolute atomic E-state index is 0.105. The lowest BCUT2D eigenvalue weighted by Gasteiger charge is -2.29. The van der Waals surface area contributed by atoms with Gasteiger partial charge in [-0.25, -0.2) is 18.4 Å². The third-order valence-electron chi connectivity index (χ3n) is 5.13. The molecule has 9 nitrogen and oxygen atoms in total. The molecule has 0 radical (unpaired) electrons. The van der Waals surface area contributed by atoms with Gasteiger partial charge in [-0.2, -0.15) is 10.2 Å². The van der Waals surface area contributed by atoms with Crippen LogP contribution in [0.3, 0.4) is 0 Å². The highest BCUT2D eigenvalue weighted by Crippen LogP contribution is 2.30. The molecule has 4 rings (SSSR count). The fourth-order valence-corrected chi connectivity index (χ4v) is 3.53. The van der Waals surface area contributed by atoms with Crippen LogP contribution in [0.15, 0.2) is 55.2 Å². The SMILES string of the molecule is CC(Nc1ccc2c(cnn2CC(O)(Cn2cncn2)c2ccc(F)cc2F)c1)C(=O)O. The van der Waals surface area contributed by atoms with Gasteiger partial charge in [0.05, 0.1) is 24.8 Å². The average molecular weight is 442 g/mol. The predicted octanol–water partition coefficient (Wildman–Crippen LogP) is 2.38.